The number of phenolic OH excluding ortho intramolecular Hbond substituents is 1. The van der Waals surface area contributed by atoms with E-state index >= 15 is 0 Å². The Morgan fingerprint density at radius 2 is 1.48 bits per heavy atom. The van der Waals surface area contributed by atoms with Gasteiger partial charge in [0.2, 0.25) is 11.8 Å². The fourth-order valence-corrected chi connectivity index (χ4v) is 6.95. The zero-order valence-electron chi connectivity index (χ0n) is 21.9. The average molecular weight is 559 g/mol. The molecule has 42 heavy (non-hydrogen) atoms. The Bertz CT molecular complexity index is 1800. The van der Waals surface area contributed by atoms with Crippen LogP contribution in [0.2, 0.25) is 0 Å². The van der Waals surface area contributed by atoms with Crippen LogP contribution in [-0.4, -0.2) is 34.0 Å². The van der Waals surface area contributed by atoms with E-state index in [1.54, 1.807) is 12.1 Å². The molecule has 206 valence electrons. The van der Waals surface area contributed by atoms with Crippen LogP contribution in [0.3, 0.4) is 0 Å². The van der Waals surface area contributed by atoms with Gasteiger partial charge in [-0.15, -0.1) is 0 Å². The lowest BCUT2D eigenvalue weighted by atomic mass is 9.47. The van der Waals surface area contributed by atoms with Crippen molar-refractivity contribution >= 4 is 35.3 Å². The summed E-state index contributed by atoms with van der Waals surface area (Å²) in [5.41, 5.74) is 4.81. The number of nitrogens with one attached hydrogen (secondary N) is 1. The Labute approximate surface area is 239 Å². The minimum absolute atomic E-state index is 0.0367. The maximum absolute atomic E-state index is 14.3. The van der Waals surface area contributed by atoms with Crippen LogP contribution in [0, 0.1) is 22.0 Å². The molecule has 2 N–H and O–H groups in total. The van der Waals surface area contributed by atoms with Crippen molar-refractivity contribution in [2.45, 2.75) is 11.3 Å². The number of carbonyl (C=O) groups is 3. The van der Waals surface area contributed by atoms with Crippen LogP contribution in [-0.2, 0) is 15.0 Å². The van der Waals surface area contributed by atoms with Crippen LogP contribution in [0.5, 0.6) is 5.75 Å². The fraction of sp³-hybridized carbons (Fsp3) is 0.125. The second kappa shape index (κ2) is 9.20. The molecule has 0 spiro atoms. The molecular formula is C32H22N4O6. The average Bonchev–Trinajstić information content (AvgIpc) is 3.28. The van der Waals surface area contributed by atoms with Gasteiger partial charge in [-0.1, -0.05) is 60.7 Å². The van der Waals surface area contributed by atoms with Gasteiger partial charge in [0.05, 0.1) is 33.4 Å². The van der Waals surface area contributed by atoms with Crippen molar-refractivity contribution in [2.75, 3.05) is 4.90 Å². The number of nitro groups is 1. The van der Waals surface area contributed by atoms with Gasteiger partial charge < -0.3 is 5.11 Å². The topological polar surface area (TPSA) is 142 Å². The predicted octanol–water partition coefficient (Wildman–Crippen LogP) is 4.27. The number of amides is 3. The number of anilines is 1. The predicted molar refractivity (Wildman–Crippen MR) is 152 cm³/mol. The molecule has 3 aliphatic carbocycles. The molecule has 1 heterocycles. The molecular weight excluding hydrogens is 536 g/mol. The molecule has 0 aromatic heterocycles. The third-order valence-corrected chi connectivity index (χ3v) is 8.59. The van der Waals surface area contributed by atoms with Crippen molar-refractivity contribution in [1.82, 2.24) is 5.43 Å². The summed E-state index contributed by atoms with van der Waals surface area (Å²) in [5.74, 6) is -3.74. The van der Waals surface area contributed by atoms with Crippen LogP contribution in [0.25, 0.3) is 0 Å². The van der Waals surface area contributed by atoms with E-state index < -0.39 is 45.8 Å². The summed E-state index contributed by atoms with van der Waals surface area (Å²) >= 11 is 0. The van der Waals surface area contributed by atoms with Gasteiger partial charge in [0.25, 0.3) is 11.6 Å². The normalized spacial score (nSPS) is 23.4. The summed E-state index contributed by atoms with van der Waals surface area (Å²) in [6, 6.07) is 26.6. The van der Waals surface area contributed by atoms with Gasteiger partial charge in [-0.25, -0.2) is 10.3 Å². The van der Waals surface area contributed by atoms with Crippen molar-refractivity contribution in [3.05, 3.63) is 135 Å². The van der Waals surface area contributed by atoms with Crippen LogP contribution >= 0.6 is 0 Å². The number of hydrogen-bond donors (Lipinski definition) is 2. The molecule has 8 rings (SSSR count). The molecule has 1 fully saturated rings. The van der Waals surface area contributed by atoms with Gasteiger partial charge in [0.15, 0.2) is 0 Å². The summed E-state index contributed by atoms with van der Waals surface area (Å²) in [4.78, 5) is 53.2. The summed E-state index contributed by atoms with van der Waals surface area (Å²) in [6.45, 7) is 0. The fourth-order valence-electron chi connectivity index (χ4n) is 6.95. The van der Waals surface area contributed by atoms with E-state index in [0.717, 1.165) is 27.2 Å². The highest BCUT2D eigenvalue weighted by atomic mass is 16.6. The number of nitro benzene ring substituents is 1. The second-order valence-electron chi connectivity index (χ2n) is 10.5. The summed E-state index contributed by atoms with van der Waals surface area (Å²) in [5, 5.41) is 25.7. The Morgan fingerprint density at radius 1 is 0.881 bits per heavy atom. The lowest BCUT2D eigenvalue weighted by Gasteiger charge is -2.52. The maximum Gasteiger partial charge on any atom is 0.275 e. The van der Waals surface area contributed by atoms with E-state index in [2.05, 4.69) is 10.5 Å². The van der Waals surface area contributed by atoms with Crippen LogP contribution < -0.4 is 10.3 Å². The quantitative estimate of drug-likeness (QED) is 0.162. The number of benzene rings is 4. The third kappa shape index (κ3) is 3.38. The highest BCUT2D eigenvalue weighted by molar-refractivity contribution is 6.25. The summed E-state index contributed by atoms with van der Waals surface area (Å²) in [6.07, 6.45) is 1.53. The first-order valence-corrected chi connectivity index (χ1v) is 13.3. The number of nitrogens with zero attached hydrogens (tertiary/aromatic N) is 3. The van der Waals surface area contributed by atoms with E-state index in [9.17, 15) is 29.6 Å². The molecule has 0 radical (unpaired) electrons. The largest absolute Gasteiger partial charge is 0.507 e. The SMILES string of the molecule is O=C(N/N=C\C12c3ccccc3C(c3ccccc31)[C@H]1C(=O)N(c3ccc([N+](=O)[O-])cc3)C(=O)[C@@H]12)c1ccccc1O. The first-order chi connectivity index (χ1) is 20.3. The smallest absolute Gasteiger partial charge is 0.275 e. The maximum atomic E-state index is 14.3. The van der Waals surface area contributed by atoms with Crippen LogP contribution in [0.1, 0.15) is 38.5 Å². The molecule has 1 aliphatic heterocycles. The highest BCUT2D eigenvalue weighted by Crippen LogP contribution is 2.63. The zero-order chi connectivity index (χ0) is 29.2. The Morgan fingerprint density at radius 3 is 2.10 bits per heavy atom. The lowest BCUT2D eigenvalue weighted by molar-refractivity contribution is -0.384. The molecule has 0 saturated carbocycles. The van der Waals surface area contributed by atoms with Crippen LogP contribution in [0.15, 0.2) is 102 Å². The van der Waals surface area contributed by atoms with E-state index in [0.29, 0.717) is 0 Å². The molecule has 1 saturated heterocycles. The molecule has 0 unspecified atom stereocenters. The van der Waals surface area contributed by atoms with Crippen molar-refractivity contribution < 1.29 is 24.4 Å². The van der Waals surface area contributed by atoms with Crippen molar-refractivity contribution in [1.29, 1.82) is 0 Å². The number of imide groups is 1. The summed E-state index contributed by atoms with van der Waals surface area (Å²) in [7, 11) is 0. The molecule has 10 heteroatoms. The zero-order valence-corrected chi connectivity index (χ0v) is 21.9. The van der Waals surface area contributed by atoms with Gasteiger partial charge in [-0.3, -0.25) is 24.5 Å². The molecule has 2 bridgehead atoms. The van der Waals surface area contributed by atoms with Crippen molar-refractivity contribution in [3.63, 3.8) is 0 Å². The highest BCUT2D eigenvalue weighted by Gasteiger charge is 2.68. The van der Waals surface area contributed by atoms with E-state index in [1.165, 1.54) is 42.6 Å². The Balaban J connectivity index is 1.39. The number of non-ortho nitro benzene ring substituents is 1. The minimum atomic E-state index is -1.21. The van der Waals surface area contributed by atoms with E-state index in [4.69, 9.17) is 0 Å². The number of para-hydroxylation sites is 1. The van der Waals surface area contributed by atoms with Crippen molar-refractivity contribution in [3.8, 4) is 5.75 Å². The molecule has 4 aromatic carbocycles. The van der Waals surface area contributed by atoms with Gasteiger partial charge in [-0.2, -0.15) is 5.10 Å². The first kappa shape index (κ1) is 25.3. The molecule has 4 aromatic rings. The number of phenols is 1. The number of carbonyl (C=O) groups excluding carboxylic acids is 3. The van der Waals surface area contributed by atoms with E-state index in [-0.39, 0.29) is 22.7 Å². The molecule has 4 aliphatic rings. The number of hydrazone groups is 1. The molecule has 2 atom stereocenters. The van der Waals surface area contributed by atoms with Crippen molar-refractivity contribution in [2.24, 2.45) is 16.9 Å². The molecule has 3 amide bonds. The van der Waals surface area contributed by atoms with Gasteiger partial charge >= 0.3 is 0 Å². The monoisotopic (exact) mass is 558 g/mol. The van der Waals surface area contributed by atoms with Gasteiger partial charge in [-0.05, 0) is 46.5 Å². The number of rotatable bonds is 5. The minimum Gasteiger partial charge on any atom is -0.507 e. The lowest BCUT2D eigenvalue weighted by Crippen LogP contribution is -2.54. The van der Waals surface area contributed by atoms with Gasteiger partial charge in [0.1, 0.15) is 5.75 Å². The van der Waals surface area contributed by atoms with Crippen LogP contribution in [0.4, 0.5) is 11.4 Å². The number of hydrogen-bond acceptors (Lipinski definition) is 7. The number of aromatic hydroxyl groups is 1. The molecule has 10 nitrogen and oxygen atoms in total. The summed E-state index contributed by atoms with van der Waals surface area (Å²) < 4.78 is 0. The van der Waals surface area contributed by atoms with E-state index in [1.807, 2.05) is 48.5 Å². The Kier molecular flexibility index (Phi) is 5.55. The first-order valence-electron chi connectivity index (χ1n) is 13.3. The Hall–Kier alpha value is -5.64. The standard InChI is InChI=1S/C32H22N4O6/c37-25-12-6-3-9-22(25)29(38)34-33-17-32-23-10-4-1-7-20(23)26(21-8-2-5-11-24(21)32)27-28(32)31(40)35(30(27)39)18-13-15-19(16-14-18)36(41)42/h1-17,26-28,37H,(H,34,38)/b33-17-/t26?,27-,28-,32?/m1/s1. The third-order valence-electron chi connectivity index (χ3n) is 8.59. The van der Waals surface area contributed by atoms with Gasteiger partial charge in [0, 0.05) is 24.3 Å². The second-order valence-corrected chi connectivity index (χ2v) is 10.5.